The third-order valence-electron chi connectivity index (χ3n) is 4.81. The highest BCUT2D eigenvalue weighted by molar-refractivity contribution is 5.66. The van der Waals surface area contributed by atoms with Crippen molar-refractivity contribution in [3.63, 3.8) is 0 Å². The molecule has 1 saturated heterocycles. The molecule has 2 aromatic carbocycles. The SMILES string of the molecule is CC=CC1CCC(COc2ccc(-c3ccc(OCC)c(F)c3F)cc2)CO1. The Morgan fingerprint density at radius 2 is 1.82 bits per heavy atom. The summed E-state index contributed by atoms with van der Waals surface area (Å²) in [5.41, 5.74) is 0.783. The van der Waals surface area contributed by atoms with Crippen molar-refractivity contribution in [2.45, 2.75) is 32.8 Å². The van der Waals surface area contributed by atoms with Crippen LogP contribution in [0.3, 0.4) is 0 Å². The zero-order chi connectivity index (χ0) is 19.9. The van der Waals surface area contributed by atoms with Crippen molar-refractivity contribution in [3.05, 3.63) is 60.2 Å². The molecule has 3 nitrogen and oxygen atoms in total. The Hall–Kier alpha value is -2.40. The Morgan fingerprint density at radius 1 is 1.04 bits per heavy atom. The molecule has 150 valence electrons. The fourth-order valence-corrected chi connectivity index (χ4v) is 3.29. The molecule has 0 bridgehead atoms. The maximum absolute atomic E-state index is 14.3. The minimum absolute atomic E-state index is 0.0740. The normalized spacial score (nSPS) is 19.7. The lowest BCUT2D eigenvalue weighted by atomic mass is 9.99. The highest BCUT2D eigenvalue weighted by Gasteiger charge is 2.20. The first-order chi connectivity index (χ1) is 13.6. The second kappa shape index (κ2) is 9.69. The summed E-state index contributed by atoms with van der Waals surface area (Å²) in [6.45, 7) is 5.27. The zero-order valence-corrected chi connectivity index (χ0v) is 16.3. The van der Waals surface area contributed by atoms with E-state index < -0.39 is 11.6 Å². The van der Waals surface area contributed by atoms with Gasteiger partial charge in [0.1, 0.15) is 5.75 Å². The predicted octanol–water partition coefficient (Wildman–Crippen LogP) is 5.78. The summed E-state index contributed by atoms with van der Waals surface area (Å²) in [6.07, 6.45) is 6.37. The Morgan fingerprint density at radius 3 is 2.46 bits per heavy atom. The van der Waals surface area contributed by atoms with E-state index in [1.54, 1.807) is 31.2 Å². The van der Waals surface area contributed by atoms with Crippen LogP contribution >= 0.6 is 0 Å². The Balaban J connectivity index is 1.59. The lowest BCUT2D eigenvalue weighted by molar-refractivity contribution is -0.00304. The van der Waals surface area contributed by atoms with Gasteiger partial charge in [-0.2, -0.15) is 4.39 Å². The number of rotatable bonds is 7. The highest BCUT2D eigenvalue weighted by atomic mass is 19.2. The zero-order valence-electron chi connectivity index (χ0n) is 16.3. The molecule has 0 aromatic heterocycles. The minimum atomic E-state index is -0.965. The maximum Gasteiger partial charge on any atom is 0.201 e. The second-order valence-corrected chi connectivity index (χ2v) is 6.85. The molecule has 0 saturated carbocycles. The number of halogens is 2. The van der Waals surface area contributed by atoms with Crippen molar-refractivity contribution >= 4 is 0 Å². The molecule has 5 heteroatoms. The van der Waals surface area contributed by atoms with Gasteiger partial charge < -0.3 is 14.2 Å². The van der Waals surface area contributed by atoms with E-state index in [0.717, 1.165) is 12.8 Å². The highest BCUT2D eigenvalue weighted by Crippen LogP contribution is 2.31. The van der Waals surface area contributed by atoms with Crippen LogP contribution in [0.25, 0.3) is 11.1 Å². The summed E-state index contributed by atoms with van der Waals surface area (Å²) in [7, 11) is 0. The van der Waals surface area contributed by atoms with Crippen molar-refractivity contribution in [2.75, 3.05) is 19.8 Å². The van der Waals surface area contributed by atoms with Gasteiger partial charge in [-0.05, 0) is 56.5 Å². The van der Waals surface area contributed by atoms with E-state index in [1.165, 1.54) is 12.1 Å². The molecule has 1 heterocycles. The van der Waals surface area contributed by atoms with Gasteiger partial charge in [0, 0.05) is 11.5 Å². The number of allylic oxidation sites excluding steroid dienone is 1. The minimum Gasteiger partial charge on any atom is -0.493 e. The van der Waals surface area contributed by atoms with Crippen molar-refractivity contribution in [3.8, 4) is 22.6 Å². The lowest BCUT2D eigenvalue weighted by Crippen LogP contribution is -2.28. The molecule has 1 fully saturated rings. The first-order valence-electron chi connectivity index (χ1n) is 9.70. The largest absolute Gasteiger partial charge is 0.493 e. The van der Waals surface area contributed by atoms with Gasteiger partial charge in [-0.3, -0.25) is 0 Å². The van der Waals surface area contributed by atoms with Gasteiger partial charge in [-0.15, -0.1) is 0 Å². The molecule has 1 aliphatic heterocycles. The third-order valence-corrected chi connectivity index (χ3v) is 4.81. The molecule has 2 aromatic rings. The number of benzene rings is 2. The molecule has 1 aliphatic rings. The van der Waals surface area contributed by atoms with Crippen LogP contribution in [-0.2, 0) is 4.74 Å². The average Bonchev–Trinajstić information content (AvgIpc) is 2.72. The Labute approximate surface area is 164 Å². The van der Waals surface area contributed by atoms with Gasteiger partial charge in [0.2, 0.25) is 5.82 Å². The lowest BCUT2D eigenvalue weighted by Gasteiger charge is -2.27. The molecule has 0 spiro atoms. The van der Waals surface area contributed by atoms with E-state index >= 15 is 0 Å². The molecule has 0 amide bonds. The molecule has 28 heavy (non-hydrogen) atoms. The van der Waals surface area contributed by atoms with E-state index in [1.807, 2.05) is 13.0 Å². The number of hydrogen-bond donors (Lipinski definition) is 0. The smallest absolute Gasteiger partial charge is 0.201 e. The summed E-state index contributed by atoms with van der Waals surface area (Å²) in [4.78, 5) is 0. The standard InChI is InChI=1S/C23H26F2O3/c1-3-5-18-9-6-16(14-27-18)15-28-19-10-7-17(8-11-19)20-12-13-21(26-4-2)23(25)22(20)24/h3,5,7-8,10-13,16,18H,4,6,9,14-15H2,1-2H3. The van der Waals surface area contributed by atoms with Crippen LogP contribution in [-0.4, -0.2) is 25.9 Å². The summed E-state index contributed by atoms with van der Waals surface area (Å²) < 4.78 is 45.2. The molecule has 3 rings (SSSR count). The summed E-state index contributed by atoms with van der Waals surface area (Å²) in [5.74, 6) is -0.886. The maximum atomic E-state index is 14.3. The van der Waals surface area contributed by atoms with Crippen molar-refractivity contribution in [1.82, 2.24) is 0 Å². The van der Waals surface area contributed by atoms with E-state index in [9.17, 15) is 8.78 Å². The molecule has 0 aliphatic carbocycles. The Bertz CT molecular complexity index is 794. The van der Waals surface area contributed by atoms with Crippen LogP contribution in [0.15, 0.2) is 48.6 Å². The fraction of sp³-hybridized carbons (Fsp3) is 0.391. The van der Waals surface area contributed by atoms with Gasteiger partial charge in [0.25, 0.3) is 0 Å². The number of hydrogen-bond acceptors (Lipinski definition) is 3. The van der Waals surface area contributed by atoms with Crippen molar-refractivity contribution < 1.29 is 23.0 Å². The fourth-order valence-electron chi connectivity index (χ4n) is 3.29. The molecular weight excluding hydrogens is 362 g/mol. The molecule has 2 atom stereocenters. The Kier molecular flexibility index (Phi) is 7.04. The molecule has 2 unspecified atom stereocenters. The van der Waals surface area contributed by atoms with Gasteiger partial charge in [0.15, 0.2) is 11.6 Å². The second-order valence-electron chi connectivity index (χ2n) is 6.85. The van der Waals surface area contributed by atoms with Gasteiger partial charge in [-0.1, -0.05) is 24.3 Å². The topological polar surface area (TPSA) is 27.7 Å². The van der Waals surface area contributed by atoms with E-state index in [4.69, 9.17) is 14.2 Å². The van der Waals surface area contributed by atoms with Crippen LogP contribution in [0, 0.1) is 17.6 Å². The molecule has 0 N–H and O–H groups in total. The van der Waals surface area contributed by atoms with Crippen LogP contribution in [0.5, 0.6) is 11.5 Å². The van der Waals surface area contributed by atoms with Gasteiger partial charge in [0.05, 0.1) is 25.9 Å². The summed E-state index contributed by atoms with van der Waals surface area (Å²) in [6, 6.07) is 9.98. The van der Waals surface area contributed by atoms with Crippen molar-refractivity contribution in [2.24, 2.45) is 5.92 Å². The van der Waals surface area contributed by atoms with Crippen molar-refractivity contribution in [1.29, 1.82) is 0 Å². The van der Waals surface area contributed by atoms with E-state index in [-0.39, 0.29) is 24.0 Å². The van der Waals surface area contributed by atoms with Gasteiger partial charge in [-0.25, -0.2) is 4.39 Å². The van der Waals surface area contributed by atoms with Crippen LogP contribution in [0.4, 0.5) is 8.78 Å². The van der Waals surface area contributed by atoms with E-state index in [2.05, 4.69) is 6.08 Å². The average molecular weight is 388 g/mol. The van der Waals surface area contributed by atoms with Gasteiger partial charge >= 0.3 is 0 Å². The molecular formula is C23H26F2O3. The van der Waals surface area contributed by atoms with Crippen LogP contribution in [0.1, 0.15) is 26.7 Å². The monoisotopic (exact) mass is 388 g/mol. The summed E-state index contributed by atoms with van der Waals surface area (Å²) >= 11 is 0. The van der Waals surface area contributed by atoms with E-state index in [0.29, 0.717) is 30.4 Å². The third kappa shape index (κ3) is 4.90. The molecule has 0 radical (unpaired) electrons. The number of ether oxygens (including phenoxy) is 3. The summed E-state index contributed by atoms with van der Waals surface area (Å²) in [5, 5.41) is 0. The first kappa shape index (κ1) is 20.3. The quantitative estimate of drug-likeness (QED) is 0.563. The predicted molar refractivity (Wildman–Crippen MR) is 106 cm³/mol. The first-order valence-corrected chi connectivity index (χ1v) is 9.70. The van der Waals surface area contributed by atoms with Crippen LogP contribution < -0.4 is 9.47 Å². The van der Waals surface area contributed by atoms with Crippen LogP contribution in [0.2, 0.25) is 0 Å².